The van der Waals surface area contributed by atoms with Crippen molar-refractivity contribution in [2.24, 2.45) is 0 Å². The predicted molar refractivity (Wildman–Crippen MR) is 103 cm³/mol. The number of halogens is 1. The molecule has 1 aliphatic heterocycles. The number of nitrogens with one attached hydrogen (secondary N) is 1. The van der Waals surface area contributed by atoms with Crippen LogP contribution in [0.3, 0.4) is 0 Å². The highest BCUT2D eigenvalue weighted by atomic mass is 19.1. The van der Waals surface area contributed by atoms with Gasteiger partial charge in [-0.15, -0.1) is 0 Å². The van der Waals surface area contributed by atoms with Crippen molar-refractivity contribution in [2.45, 2.75) is 25.3 Å². The number of carbonyl (C=O) groups excluding carboxylic acids is 1. The Bertz CT molecular complexity index is 1020. The Kier molecular flexibility index (Phi) is 4.87. The van der Waals surface area contributed by atoms with Gasteiger partial charge >= 0.3 is 0 Å². The predicted octanol–water partition coefficient (Wildman–Crippen LogP) is 2.72. The van der Waals surface area contributed by atoms with Crippen LogP contribution in [0.15, 0.2) is 42.6 Å². The van der Waals surface area contributed by atoms with E-state index in [1.54, 1.807) is 16.7 Å². The normalized spacial score (nSPS) is 16.2. The average molecular weight is 383 g/mol. The summed E-state index contributed by atoms with van der Waals surface area (Å²) in [7, 11) is 0. The molecule has 0 bridgehead atoms. The van der Waals surface area contributed by atoms with Crippen LogP contribution in [0.25, 0.3) is 16.8 Å². The van der Waals surface area contributed by atoms with E-state index in [9.17, 15) is 14.3 Å². The van der Waals surface area contributed by atoms with Crippen molar-refractivity contribution >= 4 is 11.4 Å². The Morgan fingerprint density at radius 2 is 2.11 bits per heavy atom. The number of aliphatic hydroxyl groups excluding tert-OH is 1. The minimum Gasteiger partial charge on any atom is -0.394 e. The quantitative estimate of drug-likeness (QED) is 0.726. The summed E-state index contributed by atoms with van der Waals surface area (Å²) in [6.45, 7) is 2.64. The molecule has 1 fully saturated rings. The number of hydrogen-bond acceptors (Lipinski definition) is 4. The number of rotatable bonds is 4. The van der Waals surface area contributed by atoms with E-state index in [0.29, 0.717) is 31.7 Å². The van der Waals surface area contributed by atoms with Gasteiger partial charge in [-0.25, -0.2) is 9.37 Å². The van der Waals surface area contributed by atoms with Crippen molar-refractivity contribution in [3.63, 3.8) is 0 Å². The second kappa shape index (κ2) is 7.33. The van der Waals surface area contributed by atoms with E-state index in [1.807, 2.05) is 25.1 Å². The summed E-state index contributed by atoms with van der Waals surface area (Å²) in [6.07, 6.45) is 2.86. The number of benzene rings is 1. The first-order valence-electron chi connectivity index (χ1n) is 9.28. The van der Waals surface area contributed by atoms with Crippen LogP contribution in [0.5, 0.6) is 0 Å². The maximum absolute atomic E-state index is 13.5. The Labute approximate surface area is 162 Å². The molecule has 3 heterocycles. The molecule has 1 saturated heterocycles. The van der Waals surface area contributed by atoms with Crippen molar-refractivity contribution in [3.05, 3.63) is 59.8 Å². The highest BCUT2D eigenvalue weighted by Gasteiger charge is 2.35. The molecule has 0 atom stereocenters. The van der Waals surface area contributed by atoms with Crippen molar-refractivity contribution in [2.75, 3.05) is 19.8 Å². The Hall–Kier alpha value is -2.77. The van der Waals surface area contributed by atoms with E-state index < -0.39 is 5.54 Å². The summed E-state index contributed by atoms with van der Waals surface area (Å²) in [5.74, 6) is -0.441. The third kappa shape index (κ3) is 3.27. The lowest BCUT2D eigenvalue weighted by molar-refractivity contribution is 0.0123. The zero-order valence-electron chi connectivity index (χ0n) is 15.6. The van der Waals surface area contributed by atoms with Crippen molar-refractivity contribution in [1.29, 1.82) is 0 Å². The molecule has 3 aromatic rings. The first-order chi connectivity index (χ1) is 13.5. The number of aryl methyl sites for hydroxylation is 1. The van der Waals surface area contributed by atoms with Gasteiger partial charge in [0, 0.05) is 25.0 Å². The van der Waals surface area contributed by atoms with Gasteiger partial charge in [-0.05, 0) is 55.7 Å². The Morgan fingerprint density at radius 1 is 1.32 bits per heavy atom. The van der Waals surface area contributed by atoms with Crippen LogP contribution in [0.2, 0.25) is 0 Å². The lowest BCUT2D eigenvalue weighted by Crippen LogP contribution is -2.54. The molecule has 0 aliphatic carbocycles. The van der Waals surface area contributed by atoms with Gasteiger partial charge < -0.3 is 15.2 Å². The largest absolute Gasteiger partial charge is 0.394 e. The monoisotopic (exact) mass is 383 g/mol. The summed E-state index contributed by atoms with van der Waals surface area (Å²) in [6, 6.07) is 10.1. The van der Waals surface area contributed by atoms with Gasteiger partial charge in [-0.2, -0.15) is 0 Å². The van der Waals surface area contributed by atoms with Gasteiger partial charge in [-0.3, -0.25) is 9.20 Å². The number of hydrogen-bond donors (Lipinski definition) is 2. The minimum atomic E-state index is -0.706. The van der Waals surface area contributed by atoms with Crippen molar-refractivity contribution < 1.29 is 19.0 Å². The number of carbonyl (C=O) groups is 1. The Balaban J connectivity index is 1.77. The second-order valence-electron chi connectivity index (χ2n) is 7.20. The van der Waals surface area contributed by atoms with Crippen LogP contribution < -0.4 is 5.32 Å². The molecule has 2 N–H and O–H groups in total. The summed E-state index contributed by atoms with van der Waals surface area (Å²) in [5, 5.41) is 12.8. The third-order valence-electron chi connectivity index (χ3n) is 5.33. The fourth-order valence-electron chi connectivity index (χ4n) is 3.67. The van der Waals surface area contributed by atoms with E-state index in [2.05, 4.69) is 10.3 Å². The van der Waals surface area contributed by atoms with E-state index in [0.717, 1.165) is 16.6 Å². The fourth-order valence-corrected chi connectivity index (χ4v) is 3.67. The molecule has 146 valence electrons. The topological polar surface area (TPSA) is 75.9 Å². The summed E-state index contributed by atoms with van der Waals surface area (Å²) < 4.78 is 20.6. The number of aliphatic hydroxyl groups is 1. The zero-order valence-corrected chi connectivity index (χ0v) is 15.6. The van der Waals surface area contributed by atoms with E-state index in [4.69, 9.17) is 4.74 Å². The molecular formula is C21H22FN3O3. The molecule has 7 heteroatoms. The number of fused-ring (bicyclic) bond motifs is 1. The standard InChI is InChI=1S/C21H22FN3O3/c1-14-12-15(22)5-6-16(14)18-17-4-2-3-9-25(17)19(23-18)20(27)24-21(13-26)7-10-28-11-8-21/h2-6,9,12,26H,7-8,10-11,13H2,1H3,(H,24,27). The van der Waals surface area contributed by atoms with Crippen LogP contribution in [0.4, 0.5) is 4.39 Å². The summed E-state index contributed by atoms with van der Waals surface area (Å²) in [4.78, 5) is 17.7. The highest BCUT2D eigenvalue weighted by molar-refractivity contribution is 5.95. The van der Waals surface area contributed by atoms with Gasteiger partial charge in [0.25, 0.3) is 5.91 Å². The van der Waals surface area contributed by atoms with E-state index in [1.165, 1.54) is 12.1 Å². The van der Waals surface area contributed by atoms with Crippen LogP contribution >= 0.6 is 0 Å². The number of pyridine rings is 1. The van der Waals surface area contributed by atoms with Gasteiger partial charge in [0.1, 0.15) is 5.82 Å². The lowest BCUT2D eigenvalue weighted by Gasteiger charge is -2.36. The third-order valence-corrected chi connectivity index (χ3v) is 5.33. The van der Waals surface area contributed by atoms with Crippen LogP contribution in [0, 0.1) is 12.7 Å². The molecule has 0 spiro atoms. The molecule has 0 unspecified atom stereocenters. The van der Waals surface area contributed by atoms with Gasteiger partial charge in [0.15, 0.2) is 0 Å². The first-order valence-corrected chi connectivity index (χ1v) is 9.28. The molecule has 0 radical (unpaired) electrons. The number of imidazole rings is 1. The highest BCUT2D eigenvalue weighted by Crippen LogP contribution is 2.29. The first kappa shape index (κ1) is 18.6. The molecule has 6 nitrogen and oxygen atoms in total. The van der Waals surface area contributed by atoms with Gasteiger partial charge in [0.05, 0.1) is 23.4 Å². The molecule has 2 aromatic heterocycles. The molecule has 0 saturated carbocycles. The SMILES string of the molecule is Cc1cc(F)ccc1-c1nc(C(=O)NC2(CO)CCOCC2)n2ccccc12. The Morgan fingerprint density at radius 3 is 2.82 bits per heavy atom. The van der Waals surface area contributed by atoms with Crippen LogP contribution in [-0.4, -0.2) is 45.8 Å². The van der Waals surface area contributed by atoms with Gasteiger partial charge in [0.2, 0.25) is 5.82 Å². The lowest BCUT2D eigenvalue weighted by atomic mass is 9.91. The molecule has 4 rings (SSSR count). The van der Waals surface area contributed by atoms with Gasteiger partial charge in [-0.1, -0.05) is 6.07 Å². The molecule has 1 amide bonds. The maximum atomic E-state index is 13.5. The smallest absolute Gasteiger partial charge is 0.288 e. The summed E-state index contributed by atoms with van der Waals surface area (Å²) in [5.41, 5.74) is 2.18. The molecule has 1 aromatic carbocycles. The average Bonchev–Trinajstić information content (AvgIpc) is 3.08. The number of ether oxygens (including phenoxy) is 1. The molecule has 28 heavy (non-hydrogen) atoms. The van der Waals surface area contributed by atoms with Crippen LogP contribution in [-0.2, 0) is 4.74 Å². The number of amides is 1. The van der Waals surface area contributed by atoms with E-state index >= 15 is 0 Å². The minimum absolute atomic E-state index is 0.157. The fraction of sp³-hybridized carbons (Fsp3) is 0.333. The summed E-state index contributed by atoms with van der Waals surface area (Å²) >= 11 is 0. The van der Waals surface area contributed by atoms with Crippen LogP contribution in [0.1, 0.15) is 29.0 Å². The zero-order chi connectivity index (χ0) is 19.7. The second-order valence-corrected chi connectivity index (χ2v) is 7.20. The number of aromatic nitrogens is 2. The van der Waals surface area contributed by atoms with Crippen molar-refractivity contribution in [1.82, 2.24) is 14.7 Å². The number of nitrogens with zero attached hydrogens (tertiary/aromatic N) is 2. The molecular weight excluding hydrogens is 361 g/mol. The van der Waals surface area contributed by atoms with Crippen molar-refractivity contribution in [3.8, 4) is 11.3 Å². The van der Waals surface area contributed by atoms with E-state index in [-0.39, 0.29) is 24.2 Å². The molecule has 1 aliphatic rings. The maximum Gasteiger partial charge on any atom is 0.288 e.